The number of methoxy groups -OCH3 is 1. The summed E-state index contributed by atoms with van der Waals surface area (Å²) < 4.78 is 11.2. The van der Waals surface area contributed by atoms with Crippen molar-refractivity contribution in [3.63, 3.8) is 0 Å². The number of fused-ring (bicyclic) bond motifs is 1. The van der Waals surface area contributed by atoms with Gasteiger partial charge in [-0.25, -0.2) is 0 Å². The third-order valence-electron chi connectivity index (χ3n) is 4.27. The number of carbonyl (C=O) groups is 2. The van der Waals surface area contributed by atoms with E-state index in [1.807, 2.05) is 24.3 Å². The molecular formula is C20H18N4O4S2. The van der Waals surface area contributed by atoms with Crippen molar-refractivity contribution >= 4 is 45.6 Å². The number of ketones is 1. The normalized spacial score (nSPS) is 12.5. The maximum absolute atomic E-state index is 12.5. The molecule has 0 spiro atoms. The second-order valence-corrected chi connectivity index (χ2v) is 8.53. The highest BCUT2D eigenvalue weighted by Gasteiger charge is 2.18. The minimum absolute atomic E-state index is 0.0119. The standard InChI is InChI=1S/C20H18N4O4S2/c1-27-14-5-2-12(3-6-14)9-21-19-23-24-20(30-19)29-11-16(25)13-4-7-17-15(8-13)22-18(26)10-28-17/h2-8H,9-11H2,1H3,(H,21,23)(H,22,26). The number of rotatable bonds is 8. The molecule has 0 fully saturated rings. The molecule has 1 aliphatic heterocycles. The number of amides is 1. The van der Waals surface area contributed by atoms with Gasteiger partial charge in [0.1, 0.15) is 11.5 Å². The van der Waals surface area contributed by atoms with Gasteiger partial charge in [0.15, 0.2) is 16.7 Å². The van der Waals surface area contributed by atoms with E-state index in [1.54, 1.807) is 25.3 Å². The fourth-order valence-corrected chi connectivity index (χ4v) is 4.37. The van der Waals surface area contributed by atoms with Gasteiger partial charge < -0.3 is 20.1 Å². The Bertz CT molecular complexity index is 1070. The number of thioether (sulfide) groups is 1. The number of benzene rings is 2. The second-order valence-electron chi connectivity index (χ2n) is 6.33. The average molecular weight is 443 g/mol. The first-order valence-corrected chi connectivity index (χ1v) is 10.8. The summed E-state index contributed by atoms with van der Waals surface area (Å²) in [5, 5.41) is 14.9. The largest absolute Gasteiger partial charge is 0.497 e. The van der Waals surface area contributed by atoms with Gasteiger partial charge >= 0.3 is 0 Å². The number of Topliss-reactive ketones (excluding diaryl/α,β-unsaturated/α-hetero) is 1. The van der Waals surface area contributed by atoms with Gasteiger partial charge in [-0.15, -0.1) is 10.2 Å². The zero-order chi connectivity index (χ0) is 20.9. The van der Waals surface area contributed by atoms with Gasteiger partial charge in [0.05, 0.1) is 18.6 Å². The lowest BCUT2D eigenvalue weighted by atomic mass is 10.1. The lowest BCUT2D eigenvalue weighted by Gasteiger charge is -2.18. The fraction of sp³-hybridized carbons (Fsp3) is 0.200. The predicted molar refractivity (Wildman–Crippen MR) is 116 cm³/mol. The number of aromatic nitrogens is 2. The van der Waals surface area contributed by atoms with Crippen LogP contribution in [0.1, 0.15) is 15.9 Å². The van der Waals surface area contributed by atoms with Crippen molar-refractivity contribution < 1.29 is 19.1 Å². The summed E-state index contributed by atoms with van der Waals surface area (Å²) in [4.78, 5) is 24.0. The molecule has 10 heteroatoms. The van der Waals surface area contributed by atoms with Crippen LogP contribution in [0.3, 0.4) is 0 Å². The van der Waals surface area contributed by atoms with Gasteiger partial charge in [0, 0.05) is 12.1 Å². The molecule has 1 aliphatic rings. The van der Waals surface area contributed by atoms with Crippen molar-refractivity contribution in [3.8, 4) is 11.5 Å². The van der Waals surface area contributed by atoms with Crippen LogP contribution >= 0.6 is 23.1 Å². The first-order valence-electron chi connectivity index (χ1n) is 9.04. The number of anilines is 2. The van der Waals surface area contributed by atoms with Crippen LogP contribution in [0.5, 0.6) is 11.5 Å². The van der Waals surface area contributed by atoms with E-state index < -0.39 is 0 Å². The van der Waals surface area contributed by atoms with E-state index in [-0.39, 0.29) is 24.1 Å². The van der Waals surface area contributed by atoms with Crippen LogP contribution in [0.4, 0.5) is 10.8 Å². The third kappa shape index (κ3) is 4.89. The number of hydrogen-bond donors (Lipinski definition) is 2. The Balaban J connectivity index is 1.30. The molecule has 2 heterocycles. The molecule has 2 N–H and O–H groups in total. The van der Waals surface area contributed by atoms with Gasteiger partial charge in [-0.2, -0.15) is 0 Å². The highest BCUT2D eigenvalue weighted by molar-refractivity contribution is 8.01. The summed E-state index contributed by atoms with van der Waals surface area (Å²) in [6.45, 7) is 0.604. The first-order chi connectivity index (χ1) is 14.6. The van der Waals surface area contributed by atoms with Crippen molar-refractivity contribution in [2.45, 2.75) is 10.9 Å². The molecule has 1 aromatic heterocycles. The van der Waals surface area contributed by atoms with Crippen molar-refractivity contribution in [2.75, 3.05) is 30.1 Å². The highest BCUT2D eigenvalue weighted by Crippen LogP contribution is 2.30. The van der Waals surface area contributed by atoms with Crippen molar-refractivity contribution in [3.05, 3.63) is 53.6 Å². The quantitative estimate of drug-likeness (QED) is 0.404. The molecule has 0 aliphatic carbocycles. The number of carbonyl (C=O) groups excluding carboxylic acids is 2. The van der Waals surface area contributed by atoms with Crippen molar-refractivity contribution in [1.29, 1.82) is 0 Å². The fourth-order valence-electron chi connectivity index (χ4n) is 2.73. The number of nitrogens with zero attached hydrogens (tertiary/aromatic N) is 2. The maximum Gasteiger partial charge on any atom is 0.262 e. The molecule has 3 aromatic rings. The van der Waals surface area contributed by atoms with Crippen LogP contribution < -0.4 is 20.1 Å². The molecule has 0 bridgehead atoms. The van der Waals surface area contributed by atoms with E-state index in [9.17, 15) is 9.59 Å². The molecule has 0 atom stereocenters. The van der Waals surface area contributed by atoms with Gasteiger partial charge in [-0.05, 0) is 35.9 Å². The van der Waals surface area contributed by atoms with Gasteiger partial charge in [0.25, 0.3) is 5.91 Å². The van der Waals surface area contributed by atoms with Crippen LogP contribution in [0.15, 0.2) is 46.8 Å². The first kappa shape index (κ1) is 20.2. The number of hydrogen-bond acceptors (Lipinski definition) is 9. The van der Waals surface area contributed by atoms with Crippen LogP contribution in [0, 0.1) is 0 Å². The third-order valence-corrected chi connectivity index (χ3v) is 6.28. The zero-order valence-corrected chi connectivity index (χ0v) is 17.6. The van der Waals surface area contributed by atoms with Crippen molar-refractivity contribution in [2.24, 2.45) is 0 Å². The zero-order valence-electron chi connectivity index (χ0n) is 16.0. The molecule has 0 saturated heterocycles. The minimum atomic E-state index is -0.231. The minimum Gasteiger partial charge on any atom is -0.497 e. The van der Waals surface area contributed by atoms with Gasteiger partial charge in [-0.3, -0.25) is 9.59 Å². The van der Waals surface area contributed by atoms with E-state index in [4.69, 9.17) is 9.47 Å². The van der Waals surface area contributed by atoms with Gasteiger partial charge in [-0.1, -0.05) is 35.2 Å². The maximum atomic E-state index is 12.5. The molecule has 1 amide bonds. The van der Waals surface area contributed by atoms with E-state index in [0.717, 1.165) is 11.3 Å². The molecule has 0 unspecified atom stereocenters. The molecule has 2 aromatic carbocycles. The summed E-state index contributed by atoms with van der Waals surface area (Å²) in [5.74, 6) is 1.30. The highest BCUT2D eigenvalue weighted by atomic mass is 32.2. The Morgan fingerprint density at radius 1 is 1.27 bits per heavy atom. The summed E-state index contributed by atoms with van der Waals surface area (Å²) in [6.07, 6.45) is 0. The number of ether oxygens (including phenoxy) is 2. The van der Waals surface area contributed by atoms with E-state index in [0.29, 0.717) is 33.0 Å². The predicted octanol–water partition coefficient (Wildman–Crippen LogP) is 3.46. The van der Waals surface area contributed by atoms with Crippen LogP contribution in [-0.4, -0.2) is 41.4 Å². The molecule has 8 nitrogen and oxygen atoms in total. The lowest BCUT2D eigenvalue weighted by molar-refractivity contribution is -0.118. The molecule has 30 heavy (non-hydrogen) atoms. The van der Waals surface area contributed by atoms with E-state index in [1.165, 1.54) is 23.1 Å². The smallest absolute Gasteiger partial charge is 0.262 e. The van der Waals surface area contributed by atoms with Crippen LogP contribution in [0.25, 0.3) is 0 Å². The molecule has 0 radical (unpaired) electrons. The molecular weight excluding hydrogens is 424 g/mol. The SMILES string of the molecule is COc1ccc(CNc2nnc(SCC(=O)c3ccc4c(c3)NC(=O)CO4)s2)cc1. The Labute approximate surface area is 181 Å². The van der Waals surface area contributed by atoms with Crippen LogP contribution in [0.2, 0.25) is 0 Å². The topological polar surface area (TPSA) is 102 Å². The Morgan fingerprint density at radius 3 is 2.90 bits per heavy atom. The second kappa shape index (κ2) is 9.14. The Kier molecular flexibility index (Phi) is 6.15. The van der Waals surface area contributed by atoms with Crippen LogP contribution in [-0.2, 0) is 11.3 Å². The summed E-state index contributed by atoms with van der Waals surface area (Å²) >= 11 is 2.72. The molecule has 4 rings (SSSR count). The molecule has 154 valence electrons. The molecule has 0 saturated carbocycles. The lowest BCUT2D eigenvalue weighted by Crippen LogP contribution is -2.25. The number of nitrogens with one attached hydrogen (secondary N) is 2. The summed E-state index contributed by atoms with van der Waals surface area (Å²) in [5.41, 5.74) is 2.12. The van der Waals surface area contributed by atoms with E-state index in [2.05, 4.69) is 20.8 Å². The monoisotopic (exact) mass is 442 g/mol. The van der Waals surface area contributed by atoms with E-state index >= 15 is 0 Å². The Morgan fingerprint density at radius 2 is 2.10 bits per heavy atom. The summed E-state index contributed by atoms with van der Waals surface area (Å²) in [7, 11) is 1.64. The van der Waals surface area contributed by atoms with Gasteiger partial charge in [0.2, 0.25) is 5.13 Å². The Hall–Kier alpha value is -3.11. The summed E-state index contributed by atoms with van der Waals surface area (Å²) in [6, 6.07) is 12.8. The van der Waals surface area contributed by atoms with Crippen molar-refractivity contribution in [1.82, 2.24) is 10.2 Å². The average Bonchev–Trinajstić information content (AvgIpc) is 3.23.